The Balaban J connectivity index is 2.25. The molecule has 4 unspecified atom stereocenters. The van der Waals surface area contributed by atoms with Gasteiger partial charge in [-0.25, -0.2) is 4.79 Å². The Morgan fingerprint density at radius 1 is 1.06 bits per heavy atom. The number of carbonyl (C=O) groups excluding carboxylic acids is 3. The van der Waals surface area contributed by atoms with Crippen molar-refractivity contribution in [3.63, 3.8) is 0 Å². The third-order valence-corrected chi connectivity index (χ3v) is 5.53. The number of benzene rings is 1. The van der Waals surface area contributed by atoms with Crippen LogP contribution in [0, 0.1) is 5.92 Å². The molecule has 0 spiro atoms. The number of hydrogen-bond donors (Lipinski definition) is 7. The maximum Gasteiger partial charge on any atom is 0.328 e. The first kappa shape index (κ1) is 25.8. The predicted octanol–water partition coefficient (Wildman–Crippen LogP) is -0.753. The molecule has 11 heteroatoms. The van der Waals surface area contributed by atoms with Gasteiger partial charge in [0.25, 0.3) is 0 Å². The Labute approximate surface area is 191 Å². The third-order valence-electron chi connectivity index (χ3n) is 5.53. The highest BCUT2D eigenvalue weighted by atomic mass is 16.4. The van der Waals surface area contributed by atoms with Crippen molar-refractivity contribution in [2.75, 3.05) is 13.2 Å². The largest absolute Gasteiger partial charge is 0.480 e. The van der Waals surface area contributed by atoms with Crippen LogP contribution in [0.5, 0.6) is 0 Å². The monoisotopic (exact) mass is 461 g/mol. The minimum atomic E-state index is -1.50. The number of nitrogens with one attached hydrogen (secondary N) is 4. The molecule has 4 atom stereocenters. The van der Waals surface area contributed by atoms with Gasteiger partial charge in [0.15, 0.2) is 0 Å². The van der Waals surface area contributed by atoms with Gasteiger partial charge >= 0.3 is 5.97 Å². The van der Waals surface area contributed by atoms with Gasteiger partial charge in [-0.05, 0) is 17.5 Å². The number of fused-ring (bicyclic) bond motifs is 1. The van der Waals surface area contributed by atoms with Crippen molar-refractivity contribution in [3.8, 4) is 0 Å². The number of aromatic amines is 1. The summed E-state index contributed by atoms with van der Waals surface area (Å²) >= 11 is 0. The van der Waals surface area contributed by atoms with Crippen LogP contribution in [-0.2, 0) is 25.6 Å². The number of aromatic nitrogens is 1. The van der Waals surface area contributed by atoms with Crippen LogP contribution in [0.1, 0.15) is 25.8 Å². The molecule has 0 radical (unpaired) electrons. The van der Waals surface area contributed by atoms with Crippen LogP contribution in [0.15, 0.2) is 30.5 Å². The molecule has 1 aromatic carbocycles. The summed E-state index contributed by atoms with van der Waals surface area (Å²) in [6, 6.07) is 3.90. The van der Waals surface area contributed by atoms with Crippen molar-refractivity contribution in [1.82, 2.24) is 20.9 Å². The van der Waals surface area contributed by atoms with Gasteiger partial charge in [0.05, 0.1) is 13.2 Å². The van der Waals surface area contributed by atoms with Crippen LogP contribution in [-0.4, -0.2) is 70.2 Å². The number of para-hydroxylation sites is 1. The number of carboxylic acid groups (broad SMARTS) is 1. The number of H-pyrrole nitrogens is 1. The molecule has 2 aromatic rings. The summed E-state index contributed by atoms with van der Waals surface area (Å²) in [4.78, 5) is 52.2. The fourth-order valence-corrected chi connectivity index (χ4v) is 3.39. The lowest BCUT2D eigenvalue weighted by Gasteiger charge is -2.27. The second kappa shape index (κ2) is 12.0. The van der Waals surface area contributed by atoms with Gasteiger partial charge in [-0.1, -0.05) is 38.5 Å². The first-order valence-electron chi connectivity index (χ1n) is 10.7. The van der Waals surface area contributed by atoms with Crippen molar-refractivity contribution in [1.29, 1.82) is 0 Å². The molecule has 1 aromatic heterocycles. The predicted molar refractivity (Wildman–Crippen MR) is 121 cm³/mol. The number of nitrogens with two attached hydrogens (primary N) is 1. The van der Waals surface area contributed by atoms with Crippen LogP contribution in [0.25, 0.3) is 10.9 Å². The maximum absolute atomic E-state index is 13.2. The van der Waals surface area contributed by atoms with Crippen molar-refractivity contribution >= 4 is 34.6 Å². The van der Waals surface area contributed by atoms with Crippen LogP contribution < -0.4 is 21.7 Å². The van der Waals surface area contributed by atoms with E-state index in [9.17, 15) is 24.3 Å². The quantitative estimate of drug-likeness (QED) is 0.216. The van der Waals surface area contributed by atoms with Gasteiger partial charge in [-0.3, -0.25) is 14.4 Å². The molecule has 0 saturated carbocycles. The fraction of sp³-hybridized carbons (Fsp3) is 0.455. The molecular weight excluding hydrogens is 430 g/mol. The van der Waals surface area contributed by atoms with Crippen LogP contribution in [0.2, 0.25) is 0 Å². The Kier molecular flexibility index (Phi) is 9.37. The number of carboxylic acids is 1. The number of aliphatic hydroxyl groups excluding tert-OH is 1. The number of aliphatic carboxylic acids is 1. The molecule has 3 amide bonds. The lowest BCUT2D eigenvalue weighted by atomic mass is 9.96. The summed E-state index contributed by atoms with van der Waals surface area (Å²) < 4.78 is 0. The number of aliphatic hydroxyl groups is 1. The van der Waals surface area contributed by atoms with Crippen molar-refractivity contribution < 1.29 is 29.4 Å². The highest BCUT2D eigenvalue weighted by Crippen LogP contribution is 2.19. The van der Waals surface area contributed by atoms with Gasteiger partial charge in [0, 0.05) is 23.5 Å². The summed E-state index contributed by atoms with van der Waals surface area (Å²) in [5.74, 6) is -3.63. The van der Waals surface area contributed by atoms with Gasteiger partial charge in [-0.15, -0.1) is 0 Å². The summed E-state index contributed by atoms with van der Waals surface area (Å²) in [7, 11) is 0. The Morgan fingerprint density at radius 2 is 1.76 bits per heavy atom. The Bertz CT molecular complexity index is 991. The van der Waals surface area contributed by atoms with E-state index in [2.05, 4.69) is 20.9 Å². The zero-order valence-corrected chi connectivity index (χ0v) is 18.6. The lowest BCUT2D eigenvalue weighted by molar-refractivity contribution is -0.143. The van der Waals surface area contributed by atoms with E-state index in [1.54, 1.807) is 13.1 Å². The molecule has 0 aliphatic carbocycles. The zero-order chi connectivity index (χ0) is 24.5. The highest BCUT2D eigenvalue weighted by molar-refractivity contribution is 5.94. The van der Waals surface area contributed by atoms with Crippen molar-refractivity contribution in [3.05, 3.63) is 36.0 Å². The molecule has 33 heavy (non-hydrogen) atoms. The van der Waals surface area contributed by atoms with Crippen molar-refractivity contribution in [2.24, 2.45) is 11.7 Å². The van der Waals surface area contributed by atoms with E-state index in [1.807, 2.05) is 31.2 Å². The van der Waals surface area contributed by atoms with E-state index in [1.165, 1.54) is 0 Å². The molecule has 0 aliphatic heterocycles. The summed E-state index contributed by atoms with van der Waals surface area (Å²) in [5, 5.41) is 26.6. The molecular formula is C22H31N5O6. The minimum Gasteiger partial charge on any atom is -0.480 e. The zero-order valence-electron chi connectivity index (χ0n) is 18.6. The molecule has 0 bridgehead atoms. The molecule has 8 N–H and O–H groups in total. The average molecular weight is 462 g/mol. The van der Waals surface area contributed by atoms with E-state index >= 15 is 0 Å². The van der Waals surface area contributed by atoms with Crippen LogP contribution in [0.4, 0.5) is 0 Å². The van der Waals surface area contributed by atoms with Gasteiger partial charge in [0.2, 0.25) is 17.7 Å². The van der Waals surface area contributed by atoms with Crippen LogP contribution in [0.3, 0.4) is 0 Å². The molecule has 0 saturated heterocycles. The topological polar surface area (TPSA) is 187 Å². The summed E-state index contributed by atoms with van der Waals surface area (Å²) in [5.41, 5.74) is 7.07. The van der Waals surface area contributed by atoms with Gasteiger partial charge in [0.1, 0.15) is 18.1 Å². The maximum atomic E-state index is 13.2. The molecule has 1 heterocycles. The number of amides is 3. The molecule has 0 fully saturated rings. The Morgan fingerprint density at radius 3 is 2.36 bits per heavy atom. The molecule has 2 rings (SSSR count). The first-order valence-corrected chi connectivity index (χ1v) is 10.7. The normalized spacial score (nSPS) is 14.7. The number of rotatable bonds is 12. The second-order valence-corrected chi connectivity index (χ2v) is 7.84. The van der Waals surface area contributed by atoms with E-state index < -0.39 is 48.4 Å². The summed E-state index contributed by atoms with van der Waals surface area (Å²) in [6.07, 6.45) is 2.40. The molecule has 180 valence electrons. The SMILES string of the molecule is CCC(C)C(NC(=O)C(Cc1c[nH]c2ccccc12)NC(=O)CN)C(=O)NC(CO)C(=O)O. The standard InChI is InChI=1S/C22H31N5O6/c1-3-12(2)19(21(31)26-17(11-28)22(32)33)27-20(30)16(25-18(29)9-23)8-13-10-24-15-7-5-4-6-14(13)15/h4-7,10,12,16-17,19,24,28H,3,8-9,11,23H2,1-2H3,(H,25,29)(H,26,31)(H,27,30)(H,32,33). The first-order chi connectivity index (χ1) is 15.7. The molecule has 11 nitrogen and oxygen atoms in total. The van der Waals surface area contributed by atoms with Crippen LogP contribution >= 0.6 is 0 Å². The van der Waals surface area contributed by atoms with E-state index in [4.69, 9.17) is 10.8 Å². The van der Waals surface area contributed by atoms with E-state index in [0.717, 1.165) is 16.5 Å². The van der Waals surface area contributed by atoms with E-state index in [0.29, 0.717) is 6.42 Å². The lowest BCUT2D eigenvalue weighted by Crippen LogP contribution is -2.58. The molecule has 0 aliphatic rings. The van der Waals surface area contributed by atoms with E-state index in [-0.39, 0.29) is 18.9 Å². The van der Waals surface area contributed by atoms with Gasteiger partial charge < -0.3 is 36.9 Å². The number of carbonyl (C=O) groups is 4. The Hall–Kier alpha value is -3.44. The number of hydrogen-bond acceptors (Lipinski definition) is 6. The highest BCUT2D eigenvalue weighted by Gasteiger charge is 2.32. The minimum absolute atomic E-state index is 0.144. The summed E-state index contributed by atoms with van der Waals surface area (Å²) in [6.45, 7) is 2.44. The fourth-order valence-electron chi connectivity index (χ4n) is 3.39. The average Bonchev–Trinajstić information content (AvgIpc) is 3.22. The van der Waals surface area contributed by atoms with Gasteiger partial charge in [-0.2, -0.15) is 0 Å². The second-order valence-electron chi connectivity index (χ2n) is 7.84. The smallest absolute Gasteiger partial charge is 0.328 e. The van der Waals surface area contributed by atoms with Crippen molar-refractivity contribution in [2.45, 2.75) is 44.8 Å². The third kappa shape index (κ3) is 6.77.